The van der Waals surface area contributed by atoms with Gasteiger partial charge in [-0.15, -0.1) is 0 Å². The van der Waals surface area contributed by atoms with Gasteiger partial charge in [-0.3, -0.25) is 0 Å². The number of anilines is 1. The number of aryl methyl sites for hydroxylation is 1. The smallest absolute Gasteiger partial charge is 0.0455 e. The fourth-order valence-corrected chi connectivity index (χ4v) is 1.62. The van der Waals surface area contributed by atoms with E-state index in [1.54, 1.807) is 0 Å². The van der Waals surface area contributed by atoms with Gasteiger partial charge in [0.2, 0.25) is 0 Å². The number of halogens is 1. The topological polar surface area (TPSA) is 29.3 Å². The average molecular weight is 227 g/mol. The summed E-state index contributed by atoms with van der Waals surface area (Å²) in [6.07, 6.45) is 2.20. The van der Waals surface area contributed by atoms with Crippen LogP contribution in [0.25, 0.3) is 0 Å². The maximum atomic E-state index is 6.07. The molecule has 0 heterocycles. The Balaban J connectivity index is 2.57. The van der Waals surface area contributed by atoms with Crippen molar-refractivity contribution in [2.45, 2.75) is 19.8 Å². The normalized spacial score (nSPS) is 10.4. The van der Waals surface area contributed by atoms with Crippen molar-refractivity contribution in [1.82, 2.24) is 0 Å². The molecule has 1 aromatic rings. The monoisotopic (exact) mass is 226 g/mol. The summed E-state index contributed by atoms with van der Waals surface area (Å²) in [5.74, 6) is 0. The molecule has 0 atom stereocenters. The number of nitrogens with zero attached hydrogens (tertiary/aromatic N) is 1. The highest BCUT2D eigenvalue weighted by Crippen LogP contribution is 2.22. The molecule has 2 N–H and O–H groups in total. The predicted octanol–water partition coefficient (Wildman–Crippen LogP) is 2.82. The molecule has 0 saturated carbocycles. The van der Waals surface area contributed by atoms with Crippen LogP contribution in [0.3, 0.4) is 0 Å². The van der Waals surface area contributed by atoms with Gasteiger partial charge in [-0.1, -0.05) is 17.7 Å². The van der Waals surface area contributed by atoms with Crippen LogP contribution in [-0.2, 0) is 0 Å². The van der Waals surface area contributed by atoms with Gasteiger partial charge in [0, 0.05) is 24.3 Å². The minimum absolute atomic E-state index is 0.766. The summed E-state index contributed by atoms with van der Waals surface area (Å²) < 4.78 is 0. The molecule has 0 spiro atoms. The van der Waals surface area contributed by atoms with Crippen molar-refractivity contribution in [2.75, 3.05) is 25.0 Å². The Bertz CT molecular complexity index is 312. The number of rotatable bonds is 5. The van der Waals surface area contributed by atoms with Crippen molar-refractivity contribution in [3.8, 4) is 0 Å². The molecule has 0 bridgehead atoms. The SMILES string of the molecule is Cc1ccc(N(C)CCCCN)cc1Cl. The molecule has 84 valence electrons. The average Bonchev–Trinajstić information content (AvgIpc) is 2.22. The third-order valence-electron chi connectivity index (χ3n) is 2.54. The van der Waals surface area contributed by atoms with Crippen molar-refractivity contribution in [2.24, 2.45) is 5.73 Å². The quantitative estimate of drug-likeness (QED) is 0.783. The largest absolute Gasteiger partial charge is 0.375 e. The summed E-state index contributed by atoms with van der Waals surface area (Å²) in [7, 11) is 2.08. The van der Waals surface area contributed by atoms with E-state index in [4.69, 9.17) is 17.3 Å². The number of hydrogen-bond acceptors (Lipinski definition) is 2. The Kier molecular flexibility index (Phi) is 4.92. The highest BCUT2D eigenvalue weighted by atomic mass is 35.5. The van der Waals surface area contributed by atoms with Gasteiger partial charge >= 0.3 is 0 Å². The second kappa shape index (κ2) is 5.99. The van der Waals surface area contributed by atoms with Crippen LogP contribution < -0.4 is 10.6 Å². The lowest BCUT2D eigenvalue weighted by molar-refractivity contribution is 0.728. The molecule has 0 fully saturated rings. The van der Waals surface area contributed by atoms with Crippen LogP contribution in [0.15, 0.2) is 18.2 Å². The molecule has 0 amide bonds. The first-order chi connectivity index (χ1) is 7.15. The maximum Gasteiger partial charge on any atom is 0.0455 e. The zero-order chi connectivity index (χ0) is 11.3. The molecule has 0 saturated heterocycles. The number of benzene rings is 1. The van der Waals surface area contributed by atoms with E-state index in [0.29, 0.717) is 0 Å². The molecule has 0 radical (unpaired) electrons. The van der Waals surface area contributed by atoms with Crippen molar-refractivity contribution in [1.29, 1.82) is 0 Å². The summed E-state index contributed by atoms with van der Waals surface area (Å²) >= 11 is 6.07. The summed E-state index contributed by atoms with van der Waals surface area (Å²) in [5.41, 5.74) is 7.75. The van der Waals surface area contributed by atoms with Crippen LogP contribution in [-0.4, -0.2) is 20.1 Å². The van der Waals surface area contributed by atoms with E-state index < -0.39 is 0 Å². The molecular weight excluding hydrogens is 208 g/mol. The molecule has 2 nitrogen and oxygen atoms in total. The van der Waals surface area contributed by atoms with Crippen LogP contribution in [0.1, 0.15) is 18.4 Å². The van der Waals surface area contributed by atoms with Gasteiger partial charge < -0.3 is 10.6 Å². The van der Waals surface area contributed by atoms with E-state index in [-0.39, 0.29) is 0 Å². The molecule has 3 heteroatoms. The zero-order valence-electron chi connectivity index (χ0n) is 9.46. The molecule has 1 aromatic carbocycles. The molecule has 0 aliphatic heterocycles. The molecular formula is C12H19ClN2. The van der Waals surface area contributed by atoms with Gasteiger partial charge in [-0.2, -0.15) is 0 Å². The van der Waals surface area contributed by atoms with Gasteiger partial charge in [0.05, 0.1) is 0 Å². The zero-order valence-corrected chi connectivity index (χ0v) is 10.2. The van der Waals surface area contributed by atoms with E-state index in [1.165, 1.54) is 5.69 Å². The second-order valence-corrected chi connectivity index (χ2v) is 4.26. The first-order valence-corrected chi connectivity index (χ1v) is 5.70. The van der Waals surface area contributed by atoms with E-state index in [9.17, 15) is 0 Å². The second-order valence-electron chi connectivity index (χ2n) is 3.85. The van der Waals surface area contributed by atoms with Crippen molar-refractivity contribution in [3.05, 3.63) is 28.8 Å². The third kappa shape index (κ3) is 3.73. The third-order valence-corrected chi connectivity index (χ3v) is 2.95. The Hall–Kier alpha value is -0.730. The van der Waals surface area contributed by atoms with Gasteiger partial charge in [0.15, 0.2) is 0 Å². The number of hydrogen-bond donors (Lipinski definition) is 1. The molecule has 1 rings (SSSR count). The van der Waals surface area contributed by atoms with E-state index in [1.807, 2.05) is 13.0 Å². The van der Waals surface area contributed by atoms with Gasteiger partial charge in [0.25, 0.3) is 0 Å². The number of unbranched alkanes of at least 4 members (excludes halogenated alkanes) is 1. The molecule has 0 aliphatic rings. The standard InChI is InChI=1S/C12H19ClN2/c1-10-5-6-11(9-12(10)13)15(2)8-4-3-7-14/h5-6,9H,3-4,7-8,14H2,1-2H3. The predicted molar refractivity (Wildman–Crippen MR) is 67.7 cm³/mol. The lowest BCUT2D eigenvalue weighted by atomic mass is 10.2. The van der Waals surface area contributed by atoms with Gasteiger partial charge in [-0.05, 0) is 44.0 Å². The van der Waals surface area contributed by atoms with Crippen LogP contribution in [0, 0.1) is 6.92 Å². The molecule has 0 aliphatic carbocycles. The Morgan fingerprint density at radius 3 is 2.67 bits per heavy atom. The van der Waals surface area contributed by atoms with Crippen molar-refractivity contribution >= 4 is 17.3 Å². The minimum atomic E-state index is 0.766. The van der Waals surface area contributed by atoms with Crippen LogP contribution in [0.4, 0.5) is 5.69 Å². The maximum absolute atomic E-state index is 6.07. The lowest BCUT2D eigenvalue weighted by Gasteiger charge is -2.19. The van der Waals surface area contributed by atoms with Crippen LogP contribution in [0.2, 0.25) is 5.02 Å². The van der Waals surface area contributed by atoms with Gasteiger partial charge in [0.1, 0.15) is 0 Å². The number of nitrogens with two attached hydrogens (primary N) is 1. The van der Waals surface area contributed by atoms with Crippen LogP contribution in [0.5, 0.6) is 0 Å². The fourth-order valence-electron chi connectivity index (χ4n) is 1.44. The first kappa shape index (κ1) is 12.3. The Labute approximate surface area is 97.0 Å². The van der Waals surface area contributed by atoms with Gasteiger partial charge in [-0.25, -0.2) is 0 Å². The van der Waals surface area contributed by atoms with E-state index in [2.05, 4.69) is 24.1 Å². The molecule has 15 heavy (non-hydrogen) atoms. The summed E-state index contributed by atoms with van der Waals surface area (Å²) in [6, 6.07) is 6.17. The first-order valence-electron chi connectivity index (χ1n) is 5.32. The Morgan fingerprint density at radius 2 is 2.07 bits per heavy atom. The lowest BCUT2D eigenvalue weighted by Crippen LogP contribution is -2.19. The van der Waals surface area contributed by atoms with Crippen molar-refractivity contribution < 1.29 is 0 Å². The highest BCUT2D eigenvalue weighted by molar-refractivity contribution is 6.31. The summed E-state index contributed by atoms with van der Waals surface area (Å²) in [5, 5.41) is 0.832. The van der Waals surface area contributed by atoms with E-state index >= 15 is 0 Å². The molecule has 0 aromatic heterocycles. The minimum Gasteiger partial charge on any atom is -0.375 e. The highest BCUT2D eigenvalue weighted by Gasteiger charge is 2.02. The van der Waals surface area contributed by atoms with Crippen LogP contribution >= 0.6 is 11.6 Å². The van der Waals surface area contributed by atoms with E-state index in [0.717, 1.165) is 36.5 Å². The summed E-state index contributed by atoms with van der Waals surface area (Å²) in [6.45, 7) is 3.81. The Morgan fingerprint density at radius 1 is 1.33 bits per heavy atom. The fraction of sp³-hybridized carbons (Fsp3) is 0.500. The summed E-state index contributed by atoms with van der Waals surface area (Å²) in [4.78, 5) is 2.21. The molecule has 0 unspecified atom stereocenters. The van der Waals surface area contributed by atoms with Crippen molar-refractivity contribution in [3.63, 3.8) is 0 Å².